The van der Waals surface area contributed by atoms with Gasteiger partial charge in [-0.2, -0.15) is 0 Å². The van der Waals surface area contributed by atoms with Crippen LogP contribution in [-0.4, -0.2) is 23.6 Å². The highest BCUT2D eigenvalue weighted by Gasteiger charge is 2.06. The van der Waals surface area contributed by atoms with E-state index >= 15 is 0 Å². The molecule has 0 saturated heterocycles. The maximum atomic E-state index is 5.79. The molecule has 1 heterocycles. The quantitative estimate of drug-likeness (QED) is 0.603. The van der Waals surface area contributed by atoms with Crippen molar-refractivity contribution in [1.29, 1.82) is 0 Å². The first-order chi connectivity index (χ1) is 11.6. The Bertz CT molecular complexity index is 669. The van der Waals surface area contributed by atoms with Crippen molar-refractivity contribution in [2.45, 2.75) is 33.4 Å². The van der Waals surface area contributed by atoms with E-state index in [1.165, 1.54) is 0 Å². The van der Waals surface area contributed by atoms with Gasteiger partial charge in [0.15, 0.2) is 17.5 Å². The number of ether oxygens (including phenoxy) is 2. The van der Waals surface area contributed by atoms with Gasteiger partial charge in [-0.05, 0) is 38.5 Å². The molecule has 0 aliphatic heterocycles. The van der Waals surface area contributed by atoms with Crippen molar-refractivity contribution >= 4 is 5.96 Å². The van der Waals surface area contributed by atoms with Gasteiger partial charge in [0.25, 0.3) is 0 Å². The second kappa shape index (κ2) is 8.76. The molecule has 3 N–H and O–H groups in total. The second-order valence-electron chi connectivity index (χ2n) is 5.49. The molecule has 1 aromatic heterocycles. The highest BCUT2D eigenvalue weighted by molar-refractivity contribution is 5.78. The van der Waals surface area contributed by atoms with Crippen LogP contribution in [-0.2, 0) is 6.54 Å². The third-order valence-electron chi connectivity index (χ3n) is 3.03. The fourth-order valence-electron chi connectivity index (χ4n) is 2.00. The molecular formula is C18H24N4O2. The molecule has 2 rings (SSSR count). The largest absolute Gasteiger partial charge is 0.490 e. The smallest absolute Gasteiger partial charge is 0.219 e. The SMILES string of the molecule is CCOc1ccccc1Oc1ccc(CN=C(N)NC(C)C)cn1. The Morgan fingerprint density at radius 3 is 2.58 bits per heavy atom. The van der Waals surface area contributed by atoms with Crippen LogP contribution in [0.3, 0.4) is 0 Å². The van der Waals surface area contributed by atoms with Gasteiger partial charge in [-0.15, -0.1) is 0 Å². The second-order valence-corrected chi connectivity index (χ2v) is 5.49. The van der Waals surface area contributed by atoms with Crippen molar-refractivity contribution in [1.82, 2.24) is 10.3 Å². The van der Waals surface area contributed by atoms with Crippen molar-refractivity contribution in [3.63, 3.8) is 0 Å². The number of guanidine groups is 1. The Labute approximate surface area is 142 Å². The van der Waals surface area contributed by atoms with Crippen LogP contribution >= 0.6 is 0 Å². The van der Waals surface area contributed by atoms with Crippen LogP contribution < -0.4 is 20.5 Å². The number of pyridine rings is 1. The lowest BCUT2D eigenvalue weighted by atomic mass is 10.3. The Kier molecular flexibility index (Phi) is 6.42. The summed E-state index contributed by atoms with van der Waals surface area (Å²) in [5, 5.41) is 3.04. The first kappa shape index (κ1) is 17.6. The maximum Gasteiger partial charge on any atom is 0.219 e. The van der Waals surface area contributed by atoms with E-state index in [1.54, 1.807) is 12.3 Å². The fourth-order valence-corrected chi connectivity index (χ4v) is 2.00. The molecule has 0 saturated carbocycles. The predicted molar refractivity (Wildman–Crippen MR) is 95.5 cm³/mol. The molecule has 0 unspecified atom stereocenters. The van der Waals surface area contributed by atoms with Crippen molar-refractivity contribution < 1.29 is 9.47 Å². The summed E-state index contributed by atoms with van der Waals surface area (Å²) in [5.41, 5.74) is 6.73. The average molecular weight is 328 g/mol. The minimum atomic E-state index is 0.257. The first-order valence-electron chi connectivity index (χ1n) is 7.99. The number of benzene rings is 1. The molecule has 2 aromatic rings. The van der Waals surface area contributed by atoms with E-state index in [9.17, 15) is 0 Å². The van der Waals surface area contributed by atoms with Gasteiger partial charge in [-0.3, -0.25) is 0 Å². The highest BCUT2D eigenvalue weighted by atomic mass is 16.5. The van der Waals surface area contributed by atoms with Gasteiger partial charge in [0.05, 0.1) is 13.2 Å². The van der Waals surface area contributed by atoms with E-state index in [0.29, 0.717) is 36.5 Å². The Morgan fingerprint density at radius 2 is 1.96 bits per heavy atom. The Hall–Kier alpha value is -2.76. The zero-order chi connectivity index (χ0) is 17.4. The summed E-state index contributed by atoms with van der Waals surface area (Å²) in [6, 6.07) is 11.5. The summed E-state index contributed by atoms with van der Waals surface area (Å²) < 4.78 is 11.3. The zero-order valence-electron chi connectivity index (χ0n) is 14.3. The van der Waals surface area contributed by atoms with Crippen LogP contribution in [0, 0.1) is 0 Å². The van der Waals surface area contributed by atoms with E-state index in [4.69, 9.17) is 15.2 Å². The number of nitrogens with zero attached hydrogens (tertiary/aromatic N) is 2. The number of nitrogens with one attached hydrogen (secondary N) is 1. The van der Waals surface area contributed by atoms with Gasteiger partial charge in [0.2, 0.25) is 5.88 Å². The molecule has 128 valence electrons. The van der Waals surface area contributed by atoms with Gasteiger partial charge in [-0.1, -0.05) is 18.2 Å². The van der Waals surface area contributed by atoms with Gasteiger partial charge < -0.3 is 20.5 Å². The topological polar surface area (TPSA) is 81.8 Å². The fraction of sp³-hybridized carbons (Fsp3) is 0.333. The van der Waals surface area contributed by atoms with E-state index in [0.717, 1.165) is 5.56 Å². The van der Waals surface area contributed by atoms with Crippen LogP contribution in [0.1, 0.15) is 26.3 Å². The highest BCUT2D eigenvalue weighted by Crippen LogP contribution is 2.30. The molecule has 6 nitrogen and oxygen atoms in total. The summed E-state index contributed by atoms with van der Waals surface area (Å²) in [7, 11) is 0. The van der Waals surface area contributed by atoms with Crippen LogP contribution in [0.15, 0.2) is 47.6 Å². The molecule has 0 atom stereocenters. The lowest BCUT2D eigenvalue weighted by Gasteiger charge is -2.11. The van der Waals surface area contributed by atoms with Crippen molar-refractivity contribution in [2.24, 2.45) is 10.7 Å². The van der Waals surface area contributed by atoms with Crippen LogP contribution in [0.5, 0.6) is 17.4 Å². The maximum absolute atomic E-state index is 5.79. The predicted octanol–water partition coefficient (Wildman–Crippen LogP) is 3.09. The molecule has 1 aromatic carbocycles. The van der Waals surface area contributed by atoms with Crippen molar-refractivity contribution in [3.8, 4) is 17.4 Å². The van der Waals surface area contributed by atoms with Crippen molar-refractivity contribution in [2.75, 3.05) is 6.61 Å². The number of aromatic nitrogens is 1. The minimum absolute atomic E-state index is 0.257. The van der Waals surface area contributed by atoms with Crippen LogP contribution in [0.4, 0.5) is 0 Å². The summed E-state index contributed by atoms with van der Waals surface area (Å²) >= 11 is 0. The molecule has 6 heteroatoms. The van der Waals surface area contributed by atoms with E-state index in [1.807, 2.05) is 51.1 Å². The van der Waals surface area contributed by atoms with E-state index < -0.39 is 0 Å². The number of hydrogen-bond acceptors (Lipinski definition) is 4. The van der Waals surface area contributed by atoms with Gasteiger partial charge >= 0.3 is 0 Å². The minimum Gasteiger partial charge on any atom is -0.490 e. The van der Waals surface area contributed by atoms with Crippen LogP contribution in [0.2, 0.25) is 0 Å². The molecular weight excluding hydrogens is 304 g/mol. The Morgan fingerprint density at radius 1 is 1.21 bits per heavy atom. The molecule has 24 heavy (non-hydrogen) atoms. The number of hydrogen-bond donors (Lipinski definition) is 2. The summed E-state index contributed by atoms with van der Waals surface area (Å²) in [6.07, 6.45) is 1.73. The summed E-state index contributed by atoms with van der Waals surface area (Å²) in [6.45, 7) is 7.00. The Balaban J connectivity index is 2.00. The molecule has 0 fully saturated rings. The molecule has 0 bridgehead atoms. The average Bonchev–Trinajstić information content (AvgIpc) is 2.56. The number of aliphatic imine (C=N–C) groups is 1. The third-order valence-corrected chi connectivity index (χ3v) is 3.03. The number of rotatable bonds is 7. The zero-order valence-corrected chi connectivity index (χ0v) is 14.3. The molecule has 0 spiro atoms. The normalized spacial score (nSPS) is 11.4. The molecule has 0 radical (unpaired) electrons. The molecule has 0 amide bonds. The molecule has 0 aliphatic carbocycles. The summed E-state index contributed by atoms with van der Waals surface area (Å²) in [5.74, 6) is 2.27. The standard InChI is InChI=1S/C18H24N4O2/c1-4-23-15-7-5-6-8-16(15)24-17-10-9-14(11-20-17)12-21-18(19)22-13(2)3/h5-11,13H,4,12H2,1-3H3,(H3,19,21,22). The monoisotopic (exact) mass is 328 g/mol. The van der Waals surface area contributed by atoms with E-state index in [2.05, 4.69) is 15.3 Å². The molecule has 0 aliphatic rings. The van der Waals surface area contributed by atoms with E-state index in [-0.39, 0.29) is 6.04 Å². The number of para-hydroxylation sites is 2. The van der Waals surface area contributed by atoms with Crippen molar-refractivity contribution in [3.05, 3.63) is 48.2 Å². The lowest BCUT2D eigenvalue weighted by Crippen LogP contribution is -2.36. The van der Waals surface area contributed by atoms with Gasteiger partial charge in [-0.25, -0.2) is 9.98 Å². The lowest BCUT2D eigenvalue weighted by molar-refractivity contribution is 0.319. The van der Waals surface area contributed by atoms with Gasteiger partial charge in [0.1, 0.15) is 0 Å². The van der Waals surface area contributed by atoms with Crippen LogP contribution in [0.25, 0.3) is 0 Å². The summed E-state index contributed by atoms with van der Waals surface area (Å²) in [4.78, 5) is 8.58. The third kappa shape index (κ3) is 5.46. The van der Waals surface area contributed by atoms with Gasteiger partial charge in [0, 0.05) is 18.3 Å². The first-order valence-corrected chi connectivity index (χ1v) is 7.99. The number of nitrogens with two attached hydrogens (primary N) is 1.